The van der Waals surface area contributed by atoms with Crippen molar-refractivity contribution in [3.05, 3.63) is 66.2 Å². The molecule has 0 radical (unpaired) electrons. The average Bonchev–Trinajstić information content (AvgIpc) is 3.12. The largest absolute Gasteiger partial charge is 0.0984 e. The Kier molecular flexibility index (Phi) is 7.05. The highest BCUT2D eigenvalue weighted by molar-refractivity contribution is 6.17. The summed E-state index contributed by atoms with van der Waals surface area (Å²) in [7, 11) is 0. The van der Waals surface area contributed by atoms with Crippen LogP contribution in [0.1, 0.15) is 82.3 Å². The van der Waals surface area contributed by atoms with Crippen molar-refractivity contribution in [1.82, 2.24) is 0 Å². The molecule has 0 fully saturated rings. The number of fused-ring (bicyclic) bond motifs is 3. The summed E-state index contributed by atoms with van der Waals surface area (Å²) in [4.78, 5) is 0. The molecule has 0 saturated carbocycles. The normalized spacial score (nSPS) is 11.8. The van der Waals surface area contributed by atoms with Crippen LogP contribution in [0.4, 0.5) is 0 Å². The van der Waals surface area contributed by atoms with Crippen LogP contribution in [0.5, 0.6) is 0 Å². The van der Waals surface area contributed by atoms with Crippen LogP contribution >= 0.6 is 0 Å². The molecule has 0 aromatic heterocycles. The molecule has 0 nitrogen and oxygen atoms in total. The van der Waals surface area contributed by atoms with Gasteiger partial charge in [-0.15, -0.1) is 0 Å². The summed E-state index contributed by atoms with van der Waals surface area (Å²) in [5, 5.41) is 2.90. The first-order valence-corrected chi connectivity index (χ1v) is 12.2. The molecule has 1 aliphatic carbocycles. The fraction of sp³-hybridized carbons (Fsp3) is 0.400. The topological polar surface area (TPSA) is 0 Å². The molecule has 0 unspecified atom stereocenters. The van der Waals surface area contributed by atoms with E-state index in [0.717, 1.165) is 0 Å². The van der Waals surface area contributed by atoms with Gasteiger partial charge in [0.15, 0.2) is 0 Å². The van der Waals surface area contributed by atoms with Gasteiger partial charge in [-0.25, -0.2) is 0 Å². The first-order chi connectivity index (χ1) is 14.8. The third-order valence-corrected chi connectivity index (χ3v) is 6.81. The summed E-state index contributed by atoms with van der Waals surface area (Å²) in [6.45, 7) is 6.33. The molecule has 1 aliphatic rings. The van der Waals surface area contributed by atoms with Gasteiger partial charge in [0.25, 0.3) is 0 Å². The maximum Gasteiger partial charge on any atom is -0.00234 e. The Morgan fingerprint density at radius 3 is 2.07 bits per heavy atom. The molecule has 0 heterocycles. The van der Waals surface area contributed by atoms with Crippen LogP contribution in [0, 0.1) is 0 Å². The number of hydrogen-bond acceptors (Lipinski definition) is 0. The van der Waals surface area contributed by atoms with Crippen LogP contribution in [0.25, 0.3) is 39.1 Å². The van der Waals surface area contributed by atoms with Crippen molar-refractivity contribution >= 4 is 16.8 Å². The Hall–Kier alpha value is -2.34. The smallest absolute Gasteiger partial charge is 0.00234 e. The Balaban J connectivity index is 1.39. The van der Waals surface area contributed by atoms with E-state index in [0.29, 0.717) is 0 Å². The number of unbranched alkanes of at least 4 members (excludes halogenated alkanes) is 9. The van der Waals surface area contributed by atoms with E-state index in [1.807, 2.05) is 6.08 Å². The molecular formula is C30H36. The van der Waals surface area contributed by atoms with Crippen molar-refractivity contribution in [2.75, 3.05) is 0 Å². The highest BCUT2D eigenvalue weighted by Crippen LogP contribution is 2.49. The molecule has 156 valence electrons. The minimum atomic E-state index is 1.20. The van der Waals surface area contributed by atoms with Crippen molar-refractivity contribution < 1.29 is 0 Å². The van der Waals surface area contributed by atoms with E-state index in [1.165, 1.54) is 115 Å². The second-order valence-electron chi connectivity index (χ2n) is 8.91. The van der Waals surface area contributed by atoms with Crippen LogP contribution in [-0.2, 0) is 6.42 Å². The van der Waals surface area contributed by atoms with Crippen molar-refractivity contribution in [3.63, 3.8) is 0 Å². The molecule has 3 aromatic carbocycles. The molecule has 0 N–H and O–H groups in total. The summed E-state index contributed by atoms with van der Waals surface area (Å²) in [6, 6.07) is 18.2. The van der Waals surface area contributed by atoms with Gasteiger partial charge in [-0.05, 0) is 57.0 Å². The van der Waals surface area contributed by atoms with E-state index < -0.39 is 0 Å². The fourth-order valence-electron chi connectivity index (χ4n) is 5.19. The Labute approximate surface area is 183 Å². The zero-order valence-electron chi connectivity index (χ0n) is 18.7. The van der Waals surface area contributed by atoms with Crippen LogP contribution < -0.4 is 0 Å². The molecule has 0 saturated heterocycles. The monoisotopic (exact) mass is 396 g/mol. The summed E-state index contributed by atoms with van der Waals surface area (Å²) >= 11 is 0. The van der Waals surface area contributed by atoms with Gasteiger partial charge < -0.3 is 0 Å². The van der Waals surface area contributed by atoms with Crippen molar-refractivity contribution in [1.29, 1.82) is 0 Å². The van der Waals surface area contributed by atoms with Crippen LogP contribution in [-0.4, -0.2) is 0 Å². The lowest BCUT2D eigenvalue weighted by atomic mass is 9.94. The maximum atomic E-state index is 4.04. The van der Waals surface area contributed by atoms with E-state index in [2.05, 4.69) is 62.0 Å². The highest BCUT2D eigenvalue weighted by Gasteiger charge is 2.23. The summed E-state index contributed by atoms with van der Waals surface area (Å²) in [5.41, 5.74) is 8.27. The molecule has 0 aliphatic heterocycles. The second-order valence-corrected chi connectivity index (χ2v) is 8.91. The fourth-order valence-corrected chi connectivity index (χ4v) is 5.19. The van der Waals surface area contributed by atoms with E-state index in [4.69, 9.17) is 0 Å². The van der Waals surface area contributed by atoms with Gasteiger partial charge in [0.05, 0.1) is 0 Å². The SMILES string of the molecule is C=Cc1cccc2c1-c1ccc(CCCCCCCCCCCC)c3cccc-2c13. The van der Waals surface area contributed by atoms with Crippen molar-refractivity contribution in [3.8, 4) is 22.3 Å². The summed E-state index contributed by atoms with van der Waals surface area (Å²) in [5.74, 6) is 0. The van der Waals surface area contributed by atoms with E-state index in [9.17, 15) is 0 Å². The predicted octanol–water partition coefficient (Wildman–Crippen LogP) is 9.59. The molecule has 0 spiro atoms. The number of benzene rings is 3. The molecule has 30 heavy (non-hydrogen) atoms. The number of hydrogen-bond donors (Lipinski definition) is 0. The van der Waals surface area contributed by atoms with E-state index >= 15 is 0 Å². The third-order valence-electron chi connectivity index (χ3n) is 6.81. The molecule has 4 rings (SSSR count). The van der Waals surface area contributed by atoms with Crippen molar-refractivity contribution in [2.24, 2.45) is 0 Å². The van der Waals surface area contributed by atoms with Crippen molar-refractivity contribution in [2.45, 2.75) is 77.6 Å². The molecule has 3 aromatic rings. The van der Waals surface area contributed by atoms with Crippen LogP contribution in [0.15, 0.2) is 55.1 Å². The molecule has 0 heteroatoms. The van der Waals surface area contributed by atoms with Crippen LogP contribution in [0.3, 0.4) is 0 Å². The van der Waals surface area contributed by atoms with Gasteiger partial charge in [0, 0.05) is 0 Å². The minimum absolute atomic E-state index is 1.20. The second kappa shape index (κ2) is 10.1. The van der Waals surface area contributed by atoms with E-state index in [1.54, 1.807) is 0 Å². The number of aryl methyl sites for hydroxylation is 1. The summed E-state index contributed by atoms with van der Waals surface area (Å²) < 4.78 is 0. The molecule has 0 atom stereocenters. The lowest BCUT2D eigenvalue weighted by Crippen LogP contribution is -1.90. The maximum absolute atomic E-state index is 4.04. The standard InChI is InChI=1S/C30H36/c1-3-5-6-7-8-9-10-11-12-13-16-24-21-22-28-29-23(4-2)17-14-19-26(29)27-20-15-18-25(24)30(27)28/h4,14-15,17-22H,2-3,5-13,16H2,1H3. The van der Waals surface area contributed by atoms with E-state index in [-0.39, 0.29) is 0 Å². The Morgan fingerprint density at radius 2 is 1.33 bits per heavy atom. The quantitative estimate of drug-likeness (QED) is 0.209. The molecule has 0 bridgehead atoms. The lowest BCUT2D eigenvalue weighted by Gasteiger charge is -2.10. The van der Waals surface area contributed by atoms with Gasteiger partial charge in [0.1, 0.15) is 0 Å². The highest BCUT2D eigenvalue weighted by atomic mass is 14.3. The predicted molar refractivity (Wildman–Crippen MR) is 134 cm³/mol. The third kappa shape index (κ3) is 4.24. The zero-order valence-corrected chi connectivity index (χ0v) is 18.7. The number of rotatable bonds is 12. The Morgan fingerprint density at radius 1 is 0.667 bits per heavy atom. The lowest BCUT2D eigenvalue weighted by molar-refractivity contribution is 0.556. The van der Waals surface area contributed by atoms with Gasteiger partial charge in [-0.1, -0.05) is 126 Å². The van der Waals surface area contributed by atoms with Gasteiger partial charge >= 0.3 is 0 Å². The summed E-state index contributed by atoms with van der Waals surface area (Å²) in [6.07, 6.45) is 17.1. The molecular weight excluding hydrogens is 360 g/mol. The van der Waals surface area contributed by atoms with Crippen LogP contribution in [0.2, 0.25) is 0 Å². The Bertz CT molecular complexity index is 1010. The molecule has 0 amide bonds. The first-order valence-electron chi connectivity index (χ1n) is 12.2. The van der Waals surface area contributed by atoms with Gasteiger partial charge in [-0.3, -0.25) is 0 Å². The van der Waals surface area contributed by atoms with Gasteiger partial charge in [-0.2, -0.15) is 0 Å². The average molecular weight is 397 g/mol. The minimum Gasteiger partial charge on any atom is -0.0984 e. The zero-order chi connectivity index (χ0) is 20.8. The van der Waals surface area contributed by atoms with Gasteiger partial charge in [0.2, 0.25) is 0 Å². The first kappa shape index (κ1) is 20.9.